The second kappa shape index (κ2) is 5.93. The smallest absolute Gasteiger partial charge is 0.244 e. The van der Waals surface area contributed by atoms with Gasteiger partial charge in [-0.3, -0.25) is 4.79 Å². The summed E-state index contributed by atoms with van der Waals surface area (Å²) in [7, 11) is -4.28. The van der Waals surface area contributed by atoms with Gasteiger partial charge >= 0.3 is 0 Å². The van der Waals surface area contributed by atoms with Crippen LogP contribution in [0.5, 0.6) is 0 Å². The number of halogens is 2. The molecule has 0 aliphatic heterocycles. The van der Waals surface area contributed by atoms with E-state index in [1.54, 1.807) is 6.92 Å². The molecule has 0 saturated heterocycles. The van der Waals surface area contributed by atoms with Crippen LogP contribution < -0.4 is 15.8 Å². The van der Waals surface area contributed by atoms with Crippen LogP contribution in [-0.2, 0) is 14.8 Å². The molecule has 1 amide bonds. The minimum absolute atomic E-state index is 0.332. The summed E-state index contributed by atoms with van der Waals surface area (Å²) in [5, 5.41) is 2.36. The number of rotatable bonds is 5. The first-order valence-corrected chi connectivity index (χ1v) is 6.77. The number of nitrogens with one attached hydrogen (secondary N) is 2. The summed E-state index contributed by atoms with van der Waals surface area (Å²) in [5.41, 5.74) is 4.17. The molecule has 0 aromatic heterocycles. The molecule has 6 nitrogen and oxygen atoms in total. The van der Waals surface area contributed by atoms with E-state index in [4.69, 9.17) is 5.73 Å². The van der Waals surface area contributed by atoms with E-state index in [0.29, 0.717) is 6.54 Å². The van der Waals surface area contributed by atoms with Crippen LogP contribution in [0, 0.1) is 11.6 Å². The number of anilines is 1. The van der Waals surface area contributed by atoms with Gasteiger partial charge < -0.3 is 11.1 Å². The largest absolute Gasteiger partial charge is 0.394 e. The zero-order valence-corrected chi connectivity index (χ0v) is 10.9. The summed E-state index contributed by atoms with van der Waals surface area (Å²) < 4.78 is 51.8. The maximum absolute atomic E-state index is 13.5. The molecule has 0 fully saturated rings. The Balaban J connectivity index is 2.96. The van der Waals surface area contributed by atoms with Crippen molar-refractivity contribution < 1.29 is 22.0 Å². The Hall–Kier alpha value is -1.74. The third-order valence-electron chi connectivity index (χ3n) is 2.18. The summed E-state index contributed by atoms with van der Waals surface area (Å²) in [4.78, 5) is 10.3. The van der Waals surface area contributed by atoms with Gasteiger partial charge in [0.15, 0.2) is 5.82 Å². The Kier molecular flexibility index (Phi) is 4.78. The predicted octanol–water partition coefficient (Wildman–Crippen LogP) is -0.0386. The van der Waals surface area contributed by atoms with Crippen LogP contribution in [0.4, 0.5) is 14.5 Å². The third kappa shape index (κ3) is 3.61. The van der Waals surface area contributed by atoms with Crippen LogP contribution in [-0.4, -0.2) is 27.4 Å². The van der Waals surface area contributed by atoms with Gasteiger partial charge in [-0.15, -0.1) is 0 Å². The molecule has 0 spiro atoms. The van der Waals surface area contributed by atoms with E-state index in [1.165, 1.54) is 0 Å². The highest BCUT2D eigenvalue weighted by atomic mass is 32.2. The van der Waals surface area contributed by atoms with Crippen LogP contribution in [0.25, 0.3) is 0 Å². The van der Waals surface area contributed by atoms with Crippen LogP contribution >= 0.6 is 0 Å². The maximum atomic E-state index is 13.5. The molecule has 1 rings (SSSR count). The fraction of sp³-hybridized carbons (Fsp3) is 0.300. The zero-order valence-electron chi connectivity index (χ0n) is 10.0. The van der Waals surface area contributed by atoms with Gasteiger partial charge in [-0.2, -0.15) is 0 Å². The van der Waals surface area contributed by atoms with E-state index in [2.05, 4.69) is 5.32 Å². The van der Waals surface area contributed by atoms with E-state index in [0.717, 1.165) is 12.1 Å². The van der Waals surface area contributed by atoms with Gasteiger partial charge in [0.25, 0.3) is 0 Å². The average molecular weight is 293 g/mol. The zero-order chi connectivity index (χ0) is 14.6. The maximum Gasteiger partial charge on any atom is 0.244 e. The second-order valence-electron chi connectivity index (χ2n) is 3.55. The Morgan fingerprint density at radius 3 is 2.58 bits per heavy atom. The van der Waals surface area contributed by atoms with Crippen LogP contribution in [0.1, 0.15) is 6.92 Å². The molecule has 1 aromatic rings. The molecule has 106 valence electrons. The monoisotopic (exact) mass is 293 g/mol. The Labute approximate surface area is 109 Å². The molecule has 1 aromatic carbocycles. The van der Waals surface area contributed by atoms with Crippen molar-refractivity contribution in [1.29, 1.82) is 0 Å². The molecule has 0 radical (unpaired) electrons. The number of benzene rings is 1. The van der Waals surface area contributed by atoms with E-state index < -0.39 is 44.7 Å². The van der Waals surface area contributed by atoms with Crippen molar-refractivity contribution in [3.05, 3.63) is 23.8 Å². The van der Waals surface area contributed by atoms with Gasteiger partial charge in [0.2, 0.25) is 15.9 Å². The Morgan fingerprint density at radius 2 is 2.00 bits per heavy atom. The molecular weight excluding hydrogens is 280 g/mol. The standard InChI is InChI=1S/C10H13F2N3O3S/c1-2-14-8(16)5-15-19(17,18)7-4-3-6(11)10(13)9(7)12/h3-4,15H,2,5,13H2,1H3,(H,14,16). The van der Waals surface area contributed by atoms with Gasteiger partial charge in [-0.05, 0) is 19.1 Å². The summed E-state index contributed by atoms with van der Waals surface area (Å²) in [6.07, 6.45) is 0. The number of sulfonamides is 1. The minimum Gasteiger partial charge on any atom is -0.394 e. The number of nitrogen functional groups attached to an aromatic ring is 1. The Morgan fingerprint density at radius 1 is 1.37 bits per heavy atom. The summed E-state index contributed by atoms with van der Waals surface area (Å²) >= 11 is 0. The number of hydrogen-bond acceptors (Lipinski definition) is 4. The van der Waals surface area contributed by atoms with Crippen molar-refractivity contribution in [2.24, 2.45) is 0 Å². The highest BCUT2D eigenvalue weighted by Crippen LogP contribution is 2.22. The fourth-order valence-corrected chi connectivity index (χ4v) is 2.32. The lowest BCUT2D eigenvalue weighted by atomic mass is 10.3. The SMILES string of the molecule is CCNC(=O)CNS(=O)(=O)c1ccc(F)c(N)c1F. The molecule has 19 heavy (non-hydrogen) atoms. The van der Waals surface area contributed by atoms with Crippen molar-refractivity contribution >= 4 is 21.6 Å². The molecule has 0 aliphatic rings. The lowest BCUT2D eigenvalue weighted by Crippen LogP contribution is -2.37. The van der Waals surface area contributed by atoms with Crippen LogP contribution in [0.2, 0.25) is 0 Å². The van der Waals surface area contributed by atoms with Crippen molar-refractivity contribution in [3.8, 4) is 0 Å². The summed E-state index contributed by atoms with van der Waals surface area (Å²) in [6.45, 7) is 1.44. The predicted molar refractivity (Wildman–Crippen MR) is 64.6 cm³/mol. The first kappa shape index (κ1) is 15.3. The first-order valence-electron chi connectivity index (χ1n) is 5.29. The molecule has 0 heterocycles. The highest BCUT2D eigenvalue weighted by Gasteiger charge is 2.22. The van der Waals surface area contributed by atoms with Gasteiger partial charge in [0.1, 0.15) is 16.4 Å². The van der Waals surface area contributed by atoms with Crippen molar-refractivity contribution in [3.63, 3.8) is 0 Å². The first-order chi connectivity index (χ1) is 8.79. The number of nitrogens with two attached hydrogens (primary N) is 1. The van der Waals surface area contributed by atoms with Gasteiger partial charge in [0.05, 0.1) is 6.54 Å². The van der Waals surface area contributed by atoms with Crippen LogP contribution in [0.15, 0.2) is 17.0 Å². The lowest BCUT2D eigenvalue weighted by Gasteiger charge is -2.09. The van der Waals surface area contributed by atoms with Crippen LogP contribution in [0.3, 0.4) is 0 Å². The van der Waals surface area contributed by atoms with Crippen molar-refractivity contribution in [2.45, 2.75) is 11.8 Å². The third-order valence-corrected chi connectivity index (χ3v) is 3.60. The van der Waals surface area contributed by atoms with E-state index in [1.807, 2.05) is 4.72 Å². The van der Waals surface area contributed by atoms with Gasteiger partial charge in [0, 0.05) is 6.54 Å². The number of carbonyl (C=O) groups is 1. The quantitative estimate of drug-likeness (QED) is 0.663. The van der Waals surface area contributed by atoms with Gasteiger partial charge in [-0.25, -0.2) is 21.9 Å². The lowest BCUT2D eigenvalue weighted by molar-refractivity contribution is -0.119. The average Bonchev–Trinajstić information content (AvgIpc) is 2.34. The summed E-state index contributed by atoms with van der Waals surface area (Å²) in [6, 6.07) is 1.47. The summed E-state index contributed by atoms with van der Waals surface area (Å²) in [5.74, 6) is -3.01. The number of carbonyl (C=O) groups excluding carboxylic acids is 1. The molecule has 0 bridgehead atoms. The topological polar surface area (TPSA) is 101 Å². The molecule has 0 atom stereocenters. The van der Waals surface area contributed by atoms with E-state index >= 15 is 0 Å². The normalized spacial score (nSPS) is 11.3. The Bertz CT molecular complexity index is 590. The number of hydrogen-bond donors (Lipinski definition) is 3. The van der Waals surface area contributed by atoms with Gasteiger partial charge in [-0.1, -0.05) is 0 Å². The van der Waals surface area contributed by atoms with E-state index in [-0.39, 0.29) is 0 Å². The van der Waals surface area contributed by atoms with E-state index in [9.17, 15) is 22.0 Å². The molecule has 9 heteroatoms. The molecule has 0 saturated carbocycles. The second-order valence-corrected chi connectivity index (χ2v) is 5.29. The molecular formula is C10H13F2N3O3S. The number of likely N-dealkylation sites (N-methyl/N-ethyl adjacent to an activating group) is 1. The fourth-order valence-electron chi connectivity index (χ4n) is 1.25. The van der Waals surface area contributed by atoms with Crippen molar-refractivity contribution in [1.82, 2.24) is 10.0 Å². The highest BCUT2D eigenvalue weighted by molar-refractivity contribution is 7.89. The minimum atomic E-state index is -4.28. The molecule has 0 unspecified atom stereocenters. The molecule has 4 N–H and O–H groups in total. The molecule has 0 aliphatic carbocycles. The van der Waals surface area contributed by atoms with Crippen molar-refractivity contribution in [2.75, 3.05) is 18.8 Å². The number of amides is 1.